The van der Waals surface area contributed by atoms with Gasteiger partial charge in [0.25, 0.3) is 5.91 Å². The molecule has 1 fully saturated rings. The third-order valence-corrected chi connectivity index (χ3v) is 5.44. The van der Waals surface area contributed by atoms with E-state index in [0.717, 1.165) is 57.8 Å². The molecule has 0 aliphatic carbocycles. The van der Waals surface area contributed by atoms with Gasteiger partial charge in [-0.1, -0.05) is 6.92 Å². The molecule has 1 aliphatic heterocycles. The minimum absolute atomic E-state index is 0.0563. The van der Waals surface area contributed by atoms with Crippen molar-refractivity contribution in [1.82, 2.24) is 29.4 Å². The molecule has 1 saturated heterocycles. The lowest BCUT2D eigenvalue weighted by atomic mass is 10.2. The van der Waals surface area contributed by atoms with Gasteiger partial charge in [-0.2, -0.15) is 10.2 Å². The van der Waals surface area contributed by atoms with Gasteiger partial charge in [-0.25, -0.2) is 0 Å². The molecular formula is C20H32N6O. The van der Waals surface area contributed by atoms with E-state index in [2.05, 4.69) is 42.1 Å². The van der Waals surface area contributed by atoms with Crippen molar-refractivity contribution in [1.29, 1.82) is 0 Å². The summed E-state index contributed by atoms with van der Waals surface area (Å²) in [5.74, 6) is 0.0563. The smallest absolute Gasteiger partial charge is 0.274 e. The molecule has 0 saturated carbocycles. The summed E-state index contributed by atoms with van der Waals surface area (Å²) in [4.78, 5) is 17.3. The minimum Gasteiger partial charge on any atom is -0.336 e. The third-order valence-electron chi connectivity index (χ3n) is 5.44. The Balaban J connectivity index is 1.61. The van der Waals surface area contributed by atoms with E-state index in [0.29, 0.717) is 11.7 Å². The average molecular weight is 373 g/mol. The first-order valence-electron chi connectivity index (χ1n) is 10.1. The number of aryl methyl sites for hydroxylation is 2. The maximum atomic E-state index is 13.0. The van der Waals surface area contributed by atoms with Gasteiger partial charge in [-0.05, 0) is 39.7 Å². The molecule has 0 spiro atoms. The number of carbonyl (C=O) groups excluding carboxylic acids is 1. The molecule has 1 unspecified atom stereocenters. The standard InChI is InChI=1S/C20H32N6O/c1-5-16(3)26-17(4)12-19(22-26)20(27)24-9-7-8-23(10-11-24)14-18-13-21-25(6-2)15-18/h12-13,15-16H,5-11,14H2,1-4H3. The van der Waals surface area contributed by atoms with E-state index in [1.165, 1.54) is 5.56 Å². The molecule has 148 valence electrons. The van der Waals surface area contributed by atoms with Gasteiger partial charge in [-0.15, -0.1) is 0 Å². The highest BCUT2D eigenvalue weighted by Crippen LogP contribution is 2.16. The molecular weight excluding hydrogens is 340 g/mol. The highest BCUT2D eigenvalue weighted by molar-refractivity contribution is 5.92. The minimum atomic E-state index is 0.0563. The Morgan fingerprint density at radius 2 is 2.04 bits per heavy atom. The molecule has 0 N–H and O–H groups in total. The van der Waals surface area contributed by atoms with Crippen LogP contribution in [0.3, 0.4) is 0 Å². The third kappa shape index (κ3) is 4.58. The second kappa shape index (κ2) is 8.69. The molecule has 0 aromatic carbocycles. The normalized spacial score (nSPS) is 17.1. The Labute approximate surface area is 161 Å². The number of nitrogens with zero attached hydrogens (tertiary/aromatic N) is 6. The SMILES string of the molecule is CCC(C)n1nc(C(=O)N2CCCN(Cc3cnn(CC)c3)CC2)cc1C. The summed E-state index contributed by atoms with van der Waals surface area (Å²) in [6, 6.07) is 2.24. The number of amides is 1. The Bertz CT molecular complexity index is 764. The molecule has 1 amide bonds. The number of aromatic nitrogens is 4. The van der Waals surface area contributed by atoms with Crippen LogP contribution in [0.1, 0.15) is 61.4 Å². The van der Waals surface area contributed by atoms with E-state index < -0.39 is 0 Å². The highest BCUT2D eigenvalue weighted by Gasteiger charge is 2.23. The van der Waals surface area contributed by atoms with Gasteiger partial charge in [0.15, 0.2) is 5.69 Å². The fourth-order valence-electron chi connectivity index (χ4n) is 3.62. The summed E-state index contributed by atoms with van der Waals surface area (Å²) < 4.78 is 3.93. The molecule has 2 aromatic heterocycles. The Hall–Kier alpha value is -2.15. The largest absolute Gasteiger partial charge is 0.336 e. The number of hydrogen-bond donors (Lipinski definition) is 0. The van der Waals surface area contributed by atoms with Gasteiger partial charge in [-0.3, -0.25) is 19.1 Å². The van der Waals surface area contributed by atoms with Crippen LogP contribution in [0.15, 0.2) is 18.5 Å². The van der Waals surface area contributed by atoms with Crippen molar-refractivity contribution < 1.29 is 4.79 Å². The van der Waals surface area contributed by atoms with Gasteiger partial charge >= 0.3 is 0 Å². The van der Waals surface area contributed by atoms with Crippen molar-refractivity contribution in [3.8, 4) is 0 Å². The van der Waals surface area contributed by atoms with Gasteiger partial charge in [0.2, 0.25) is 0 Å². The summed E-state index contributed by atoms with van der Waals surface area (Å²) in [7, 11) is 0. The highest BCUT2D eigenvalue weighted by atomic mass is 16.2. The van der Waals surface area contributed by atoms with E-state index in [1.54, 1.807) is 0 Å². The van der Waals surface area contributed by atoms with Gasteiger partial charge in [0.1, 0.15) is 0 Å². The second-order valence-electron chi connectivity index (χ2n) is 7.50. The van der Waals surface area contributed by atoms with E-state index in [1.807, 2.05) is 33.5 Å². The molecule has 1 aliphatic rings. The van der Waals surface area contributed by atoms with Crippen molar-refractivity contribution in [2.24, 2.45) is 0 Å². The van der Waals surface area contributed by atoms with Crippen molar-refractivity contribution in [2.45, 2.75) is 59.7 Å². The van der Waals surface area contributed by atoms with E-state index in [4.69, 9.17) is 0 Å². The number of hydrogen-bond acceptors (Lipinski definition) is 4. The van der Waals surface area contributed by atoms with Crippen LogP contribution in [0, 0.1) is 6.92 Å². The first kappa shape index (κ1) is 19.6. The van der Waals surface area contributed by atoms with E-state index in [-0.39, 0.29) is 5.91 Å². The van der Waals surface area contributed by atoms with E-state index in [9.17, 15) is 4.79 Å². The predicted octanol–water partition coefficient (Wildman–Crippen LogP) is 2.73. The van der Waals surface area contributed by atoms with Crippen LogP contribution in [0.25, 0.3) is 0 Å². The number of rotatable bonds is 6. The summed E-state index contributed by atoms with van der Waals surface area (Å²) >= 11 is 0. The maximum Gasteiger partial charge on any atom is 0.274 e. The molecule has 2 aromatic rings. The lowest BCUT2D eigenvalue weighted by molar-refractivity contribution is 0.0754. The lowest BCUT2D eigenvalue weighted by Crippen LogP contribution is -2.35. The monoisotopic (exact) mass is 372 g/mol. The Morgan fingerprint density at radius 1 is 1.22 bits per heavy atom. The van der Waals surface area contributed by atoms with Crippen molar-refractivity contribution in [3.05, 3.63) is 35.4 Å². The van der Waals surface area contributed by atoms with Crippen LogP contribution in [0.2, 0.25) is 0 Å². The van der Waals surface area contributed by atoms with Gasteiger partial charge in [0.05, 0.1) is 6.20 Å². The van der Waals surface area contributed by atoms with Crippen molar-refractivity contribution >= 4 is 5.91 Å². The first-order valence-corrected chi connectivity index (χ1v) is 10.1. The van der Waals surface area contributed by atoms with Crippen LogP contribution in [-0.4, -0.2) is 61.4 Å². The second-order valence-corrected chi connectivity index (χ2v) is 7.50. The molecule has 7 nitrogen and oxygen atoms in total. The van der Waals surface area contributed by atoms with Crippen LogP contribution in [0.5, 0.6) is 0 Å². The molecule has 3 rings (SSSR count). The predicted molar refractivity (Wildman–Crippen MR) is 106 cm³/mol. The van der Waals surface area contributed by atoms with Crippen LogP contribution in [-0.2, 0) is 13.1 Å². The summed E-state index contributed by atoms with van der Waals surface area (Å²) in [6.45, 7) is 13.6. The summed E-state index contributed by atoms with van der Waals surface area (Å²) in [5.41, 5.74) is 2.86. The quantitative estimate of drug-likeness (QED) is 0.782. The van der Waals surface area contributed by atoms with Crippen molar-refractivity contribution in [3.63, 3.8) is 0 Å². The van der Waals surface area contributed by atoms with Crippen molar-refractivity contribution in [2.75, 3.05) is 26.2 Å². The topological polar surface area (TPSA) is 59.2 Å². The van der Waals surface area contributed by atoms with E-state index >= 15 is 0 Å². The fourth-order valence-corrected chi connectivity index (χ4v) is 3.62. The number of carbonyl (C=O) groups is 1. The molecule has 0 radical (unpaired) electrons. The Kier molecular flexibility index (Phi) is 6.31. The molecule has 0 bridgehead atoms. The summed E-state index contributed by atoms with van der Waals surface area (Å²) in [5, 5.41) is 8.94. The zero-order chi connectivity index (χ0) is 19.4. The average Bonchev–Trinajstić information content (AvgIpc) is 3.21. The maximum absolute atomic E-state index is 13.0. The van der Waals surface area contributed by atoms with Crippen LogP contribution >= 0.6 is 0 Å². The van der Waals surface area contributed by atoms with Gasteiger partial charge in [0, 0.05) is 62.8 Å². The van der Waals surface area contributed by atoms with Crippen LogP contribution in [0.4, 0.5) is 0 Å². The fraction of sp³-hybridized carbons (Fsp3) is 0.650. The molecule has 27 heavy (non-hydrogen) atoms. The molecule has 1 atom stereocenters. The summed E-state index contributed by atoms with van der Waals surface area (Å²) in [6.07, 6.45) is 6.04. The van der Waals surface area contributed by atoms with Gasteiger partial charge < -0.3 is 4.90 Å². The molecule has 7 heteroatoms. The zero-order valence-corrected chi connectivity index (χ0v) is 17.1. The zero-order valence-electron chi connectivity index (χ0n) is 17.1. The van der Waals surface area contributed by atoms with Crippen LogP contribution < -0.4 is 0 Å². The Morgan fingerprint density at radius 3 is 2.74 bits per heavy atom. The molecule has 3 heterocycles. The lowest BCUT2D eigenvalue weighted by Gasteiger charge is -2.21. The first-order chi connectivity index (χ1) is 13.0.